The van der Waals surface area contributed by atoms with Gasteiger partial charge in [-0.25, -0.2) is 4.98 Å². The summed E-state index contributed by atoms with van der Waals surface area (Å²) in [5.41, 5.74) is 0.774. The average Bonchev–Trinajstić information content (AvgIpc) is 2.37. The first kappa shape index (κ1) is 18.2. The van der Waals surface area contributed by atoms with Crippen LogP contribution in [0.15, 0.2) is 16.7 Å². The molecule has 1 N–H and O–H groups in total. The molecule has 0 saturated heterocycles. The molecular formula is C14H21BrF3N3. The first-order chi connectivity index (χ1) is 9.87. The monoisotopic (exact) mass is 367 g/mol. The Morgan fingerprint density at radius 3 is 2.57 bits per heavy atom. The highest BCUT2D eigenvalue weighted by molar-refractivity contribution is 9.10. The van der Waals surface area contributed by atoms with Crippen LogP contribution in [-0.4, -0.2) is 30.8 Å². The summed E-state index contributed by atoms with van der Waals surface area (Å²) in [4.78, 5) is 5.50. The molecule has 0 spiro atoms. The molecule has 0 radical (unpaired) electrons. The van der Waals surface area contributed by atoms with Gasteiger partial charge < -0.3 is 10.2 Å². The number of hydrogen-bond donors (Lipinski definition) is 1. The van der Waals surface area contributed by atoms with Crippen LogP contribution in [0, 0.1) is 0 Å². The van der Waals surface area contributed by atoms with Gasteiger partial charge in [-0.2, -0.15) is 13.2 Å². The molecule has 120 valence electrons. The second-order valence-corrected chi connectivity index (χ2v) is 5.77. The SMILES string of the molecule is CCCNCc1cc(Br)cnc1N(CCC)CC(F)(F)F. The Hall–Kier alpha value is -0.820. The summed E-state index contributed by atoms with van der Waals surface area (Å²) in [5, 5.41) is 3.21. The van der Waals surface area contributed by atoms with E-state index in [2.05, 4.69) is 26.2 Å². The molecule has 0 aromatic carbocycles. The van der Waals surface area contributed by atoms with Crippen molar-refractivity contribution in [3.63, 3.8) is 0 Å². The Morgan fingerprint density at radius 2 is 2.00 bits per heavy atom. The van der Waals surface area contributed by atoms with E-state index in [-0.39, 0.29) is 0 Å². The summed E-state index contributed by atoms with van der Waals surface area (Å²) in [6.45, 7) is 4.58. The largest absolute Gasteiger partial charge is 0.405 e. The Kier molecular flexibility index (Phi) is 7.45. The van der Waals surface area contributed by atoms with Crippen LogP contribution in [0.1, 0.15) is 32.3 Å². The fourth-order valence-corrected chi connectivity index (χ4v) is 2.41. The molecule has 0 aliphatic rings. The van der Waals surface area contributed by atoms with Gasteiger partial charge in [-0.3, -0.25) is 0 Å². The standard InChI is InChI=1S/C14H21BrF3N3/c1-3-5-19-8-11-7-12(15)9-20-13(11)21(6-4-2)10-14(16,17)18/h7,9,19H,3-6,8,10H2,1-2H3. The number of pyridine rings is 1. The van der Waals surface area contributed by atoms with Crippen molar-refractivity contribution in [1.29, 1.82) is 0 Å². The maximum atomic E-state index is 12.7. The van der Waals surface area contributed by atoms with Crippen molar-refractivity contribution < 1.29 is 13.2 Å². The predicted octanol–water partition coefficient (Wildman–Crippen LogP) is 4.12. The summed E-state index contributed by atoms with van der Waals surface area (Å²) >= 11 is 3.32. The van der Waals surface area contributed by atoms with Crippen LogP contribution in [0.3, 0.4) is 0 Å². The summed E-state index contributed by atoms with van der Waals surface area (Å²) in [7, 11) is 0. The highest BCUT2D eigenvalue weighted by atomic mass is 79.9. The Balaban J connectivity index is 2.99. The number of halogens is 4. The minimum atomic E-state index is -4.24. The van der Waals surface area contributed by atoms with Gasteiger partial charge in [0.2, 0.25) is 0 Å². The molecule has 1 heterocycles. The van der Waals surface area contributed by atoms with Crippen LogP contribution in [0.4, 0.5) is 19.0 Å². The molecule has 0 aliphatic heterocycles. The van der Waals surface area contributed by atoms with E-state index in [1.807, 2.05) is 19.9 Å². The lowest BCUT2D eigenvalue weighted by molar-refractivity contribution is -0.119. The minimum absolute atomic E-state index is 0.328. The van der Waals surface area contributed by atoms with Crippen LogP contribution in [0.2, 0.25) is 0 Å². The van der Waals surface area contributed by atoms with Gasteiger partial charge >= 0.3 is 6.18 Å². The van der Waals surface area contributed by atoms with Gasteiger partial charge in [0.15, 0.2) is 0 Å². The lowest BCUT2D eigenvalue weighted by Crippen LogP contribution is -2.36. The van der Waals surface area contributed by atoms with Crippen molar-refractivity contribution in [1.82, 2.24) is 10.3 Å². The third-order valence-corrected chi connectivity index (χ3v) is 3.25. The van der Waals surface area contributed by atoms with Crippen LogP contribution in [0.25, 0.3) is 0 Å². The maximum absolute atomic E-state index is 12.7. The third kappa shape index (κ3) is 6.65. The predicted molar refractivity (Wildman–Crippen MR) is 82.5 cm³/mol. The number of alkyl halides is 3. The molecule has 0 unspecified atom stereocenters. The molecule has 7 heteroatoms. The van der Waals surface area contributed by atoms with E-state index in [4.69, 9.17) is 0 Å². The molecule has 0 bridgehead atoms. The van der Waals surface area contributed by atoms with Gasteiger partial charge in [0.05, 0.1) is 0 Å². The van der Waals surface area contributed by atoms with Crippen molar-refractivity contribution in [3.8, 4) is 0 Å². The normalized spacial score (nSPS) is 11.7. The molecule has 0 atom stereocenters. The fraction of sp³-hybridized carbons (Fsp3) is 0.643. The number of nitrogens with one attached hydrogen (secondary N) is 1. The molecule has 1 aromatic heterocycles. The van der Waals surface area contributed by atoms with Gasteiger partial charge in [0, 0.05) is 29.3 Å². The first-order valence-corrected chi connectivity index (χ1v) is 7.83. The Morgan fingerprint density at radius 1 is 1.29 bits per heavy atom. The van der Waals surface area contributed by atoms with Crippen LogP contribution in [0.5, 0.6) is 0 Å². The third-order valence-electron chi connectivity index (χ3n) is 2.81. The molecule has 0 aliphatic carbocycles. The van der Waals surface area contributed by atoms with E-state index in [1.165, 1.54) is 11.1 Å². The number of aromatic nitrogens is 1. The second kappa shape index (κ2) is 8.58. The molecule has 1 rings (SSSR count). The minimum Gasteiger partial charge on any atom is -0.347 e. The highest BCUT2D eigenvalue weighted by Crippen LogP contribution is 2.26. The van der Waals surface area contributed by atoms with E-state index in [0.29, 0.717) is 25.3 Å². The zero-order valence-electron chi connectivity index (χ0n) is 12.3. The van der Waals surface area contributed by atoms with Crippen LogP contribution >= 0.6 is 15.9 Å². The van der Waals surface area contributed by atoms with E-state index in [9.17, 15) is 13.2 Å². The molecule has 1 aromatic rings. The first-order valence-electron chi connectivity index (χ1n) is 7.04. The topological polar surface area (TPSA) is 28.2 Å². The number of hydrogen-bond acceptors (Lipinski definition) is 3. The quantitative estimate of drug-likeness (QED) is 0.700. The van der Waals surface area contributed by atoms with Gasteiger partial charge in [-0.15, -0.1) is 0 Å². The van der Waals surface area contributed by atoms with Gasteiger partial charge in [0.25, 0.3) is 0 Å². The molecular weight excluding hydrogens is 347 g/mol. The number of rotatable bonds is 8. The molecule has 0 amide bonds. The van der Waals surface area contributed by atoms with E-state index in [0.717, 1.165) is 23.0 Å². The Labute approximate surface area is 132 Å². The fourth-order valence-electron chi connectivity index (χ4n) is 2.03. The van der Waals surface area contributed by atoms with Crippen molar-refractivity contribution in [2.75, 3.05) is 24.5 Å². The summed E-state index contributed by atoms with van der Waals surface area (Å²) in [6.07, 6.45) is -1.09. The molecule has 21 heavy (non-hydrogen) atoms. The summed E-state index contributed by atoms with van der Waals surface area (Å²) in [6, 6.07) is 1.82. The van der Waals surface area contributed by atoms with Crippen molar-refractivity contribution in [3.05, 3.63) is 22.3 Å². The lowest BCUT2D eigenvalue weighted by atomic mass is 10.2. The molecule has 0 saturated carbocycles. The van der Waals surface area contributed by atoms with E-state index < -0.39 is 12.7 Å². The zero-order valence-corrected chi connectivity index (χ0v) is 13.9. The average molecular weight is 368 g/mol. The van der Waals surface area contributed by atoms with Crippen LogP contribution in [-0.2, 0) is 6.54 Å². The lowest BCUT2D eigenvalue weighted by Gasteiger charge is -2.26. The number of anilines is 1. The van der Waals surface area contributed by atoms with E-state index >= 15 is 0 Å². The highest BCUT2D eigenvalue weighted by Gasteiger charge is 2.31. The summed E-state index contributed by atoms with van der Waals surface area (Å²) < 4.78 is 39.0. The van der Waals surface area contributed by atoms with Gasteiger partial charge in [-0.05, 0) is 41.4 Å². The van der Waals surface area contributed by atoms with Gasteiger partial charge in [0.1, 0.15) is 12.4 Å². The zero-order chi connectivity index (χ0) is 15.9. The van der Waals surface area contributed by atoms with Crippen molar-refractivity contribution in [2.45, 2.75) is 39.4 Å². The maximum Gasteiger partial charge on any atom is 0.405 e. The smallest absolute Gasteiger partial charge is 0.347 e. The second-order valence-electron chi connectivity index (χ2n) is 4.85. The van der Waals surface area contributed by atoms with Crippen molar-refractivity contribution in [2.24, 2.45) is 0 Å². The van der Waals surface area contributed by atoms with Crippen LogP contribution < -0.4 is 10.2 Å². The van der Waals surface area contributed by atoms with Crippen molar-refractivity contribution >= 4 is 21.7 Å². The van der Waals surface area contributed by atoms with Gasteiger partial charge in [-0.1, -0.05) is 13.8 Å². The van der Waals surface area contributed by atoms with E-state index in [1.54, 1.807) is 0 Å². The molecule has 3 nitrogen and oxygen atoms in total. The summed E-state index contributed by atoms with van der Waals surface area (Å²) in [5.74, 6) is 0.404. The number of nitrogens with zero attached hydrogens (tertiary/aromatic N) is 2. The Bertz CT molecular complexity index is 438. The molecule has 0 fully saturated rings.